The number of amides is 2. The quantitative estimate of drug-likeness (QED) is 0.557. The fourth-order valence-electron chi connectivity index (χ4n) is 3.25. The number of rotatable bonds is 3. The zero-order valence-corrected chi connectivity index (χ0v) is 15.8. The van der Waals surface area contributed by atoms with Crippen LogP contribution in [0.1, 0.15) is 16.1 Å². The van der Waals surface area contributed by atoms with E-state index in [1.807, 2.05) is 5.32 Å². The zero-order valence-electron chi connectivity index (χ0n) is 15.0. The van der Waals surface area contributed by atoms with Gasteiger partial charge in [-0.3, -0.25) is 19.4 Å². The van der Waals surface area contributed by atoms with E-state index in [4.69, 9.17) is 16.0 Å². The molecule has 0 saturated carbocycles. The third kappa shape index (κ3) is 3.03. The van der Waals surface area contributed by atoms with Gasteiger partial charge < -0.3 is 15.1 Å². The normalized spacial score (nSPS) is 17.9. The molecule has 2 aromatic heterocycles. The van der Waals surface area contributed by atoms with Gasteiger partial charge in [0.25, 0.3) is 22.9 Å². The average molecular weight is 455 g/mol. The van der Waals surface area contributed by atoms with Gasteiger partial charge in [0, 0.05) is 5.02 Å². The van der Waals surface area contributed by atoms with Crippen molar-refractivity contribution in [3.05, 3.63) is 79.8 Å². The van der Waals surface area contributed by atoms with Gasteiger partial charge in [0.2, 0.25) is 0 Å². The molecule has 0 fully saturated rings. The van der Waals surface area contributed by atoms with Crippen molar-refractivity contribution >= 4 is 29.2 Å². The van der Waals surface area contributed by atoms with Crippen molar-refractivity contribution in [2.45, 2.75) is 11.7 Å². The summed E-state index contributed by atoms with van der Waals surface area (Å²) in [4.78, 5) is 51.6. The summed E-state index contributed by atoms with van der Waals surface area (Å²) in [6.45, 7) is 0. The fraction of sp³-hybridized carbons (Fsp3) is 0.111. The lowest BCUT2D eigenvalue weighted by atomic mass is 9.91. The Balaban J connectivity index is 2.00. The Kier molecular flexibility index (Phi) is 4.54. The Morgan fingerprint density at radius 2 is 1.81 bits per heavy atom. The van der Waals surface area contributed by atoms with Crippen LogP contribution in [0.15, 0.2) is 56.7 Å². The molecule has 2 amide bonds. The second kappa shape index (κ2) is 6.87. The minimum Gasteiger partial charge on any atom is -0.459 e. The van der Waals surface area contributed by atoms with E-state index in [0.29, 0.717) is 4.57 Å². The molecule has 1 aromatic carbocycles. The molecule has 9 nitrogen and oxygen atoms in total. The highest BCUT2D eigenvalue weighted by Crippen LogP contribution is 2.45. The molecule has 160 valence electrons. The van der Waals surface area contributed by atoms with Gasteiger partial charge in [-0.2, -0.15) is 13.2 Å². The lowest BCUT2D eigenvalue weighted by Crippen LogP contribution is -2.62. The SMILES string of the molecule is O=C(N[C@@]1(C(F)(F)F)C(=O)Nc2c1c(=O)[nH]c(=O)n2-c1ccc(Cl)cc1)c1ccco1. The minimum atomic E-state index is -5.46. The number of hydrogen-bond donors (Lipinski definition) is 3. The average Bonchev–Trinajstić information content (AvgIpc) is 3.30. The summed E-state index contributed by atoms with van der Waals surface area (Å²) < 4.78 is 48.2. The monoisotopic (exact) mass is 454 g/mol. The number of carbonyl (C=O) groups excluding carboxylic acids is 2. The van der Waals surface area contributed by atoms with E-state index in [-0.39, 0.29) is 10.7 Å². The number of H-pyrrole nitrogens is 1. The number of alkyl halides is 3. The van der Waals surface area contributed by atoms with Crippen molar-refractivity contribution in [1.82, 2.24) is 14.9 Å². The van der Waals surface area contributed by atoms with Crippen LogP contribution in [0, 0.1) is 0 Å². The number of nitrogens with one attached hydrogen (secondary N) is 3. The van der Waals surface area contributed by atoms with Crippen LogP contribution in [0.4, 0.5) is 19.0 Å². The van der Waals surface area contributed by atoms with Crippen LogP contribution in [0.25, 0.3) is 5.69 Å². The van der Waals surface area contributed by atoms with E-state index in [0.717, 1.165) is 12.3 Å². The molecule has 0 saturated heterocycles. The van der Waals surface area contributed by atoms with Gasteiger partial charge in [0.1, 0.15) is 11.4 Å². The molecule has 0 radical (unpaired) electrons. The van der Waals surface area contributed by atoms with E-state index in [1.54, 1.807) is 10.3 Å². The first-order valence-electron chi connectivity index (χ1n) is 8.46. The molecule has 1 aliphatic rings. The third-order valence-corrected chi connectivity index (χ3v) is 4.87. The molecule has 3 N–H and O–H groups in total. The summed E-state index contributed by atoms with van der Waals surface area (Å²) in [6, 6.07) is 7.63. The number of halogens is 4. The molecule has 3 aromatic rings. The lowest BCUT2D eigenvalue weighted by molar-refractivity contribution is -0.196. The van der Waals surface area contributed by atoms with E-state index in [1.165, 1.54) is 30.3 Å². The van der Waals surface area contributed by atoms with Gasteiger partial charge in [0.05, 0.1) is 12.0 Å². The van der Waals surface area contributed by atoms with Gasteiger partial charge >= 0.3 is 11.9 Å². The standard InChI is InChI=1S/C18H10ClF3N4O5/c19-8-3-5-9(6-4-8)26-12-11(14(28)24-16(26)30)17(15(29)23-12,18(20,21)22)25-13(27)10-2-1-7-31-10/h1-7H,(H,23,29)(H,25,27)(H,24,28,30)/t17-/m1/s1. The van der Waals surface area contributed by atoms with Gasteiger partial charge in [-0.1, -0.05) is 11.6 Å². The molecule has 0 spiro atoms. The predicted octanol–water partition coefficient (Wildman–Crippen LogP) is 1.91. The van der Waals surface area contributed by atoms with Crippen molar-refractivity contribution in [1.29, 1.82) is 0 Å². The van der Waals surface area contributed by atoms with Gasteiger partial charge in [-0.15, -0.1) is 0 Å². The van der Waals surface area contributed by atoms with Crippen LogP contribution in [-0.4, -0.2) is 27.5 Å². The first-order valence-corrected chi connectivity index (χ1v) is 8.84. The molecular weight excluding hydrogens is 445 g/mol. The zero-order chi connectivity index (χ0) is 22.6. The summed E-state index contributed by atoms with van der Waals surface area (Å²) in [5.74, 6) is -4.42. The second-order valence-electron chi connectivity index (χ2n) is 6.43. The summed E-state index contributed by atoms with van der Waals surface area (Å²) in [5, 5.41) is 3.75. The maximum Gasteiger partial charge on any atom is 0.425 e. The van der Waals surface area contributed by atoms with Crippen molar-refractivity contribution < 1.29 is 27.2 Å². The Labute approximate surface area is 174 Å². The topological polar surface area (TPSA) is 126 Å². The van der Waals surface area contributed by atoms with Gasteiger partial charge in [-0.05, 0) is 36.4 Å². The maximum atomic E-state index is 14.3. The van der Waals surface area contributed by atoms with Crippen molar-refractivity contribution in [3.8, 4) is 5.69 Å². The fourth-order valence-corrected chi connectivity index (χ4v) is 3.38. The van der Waals surface area contributed by atoms with Gasteiger partial charge in [-0.25, -0.2) is 9.36 Å². The van der Waals surface area contributed by atoms with Crippen LogP contribution < -0.4 is 21.9 Å². The second-order valence-corrected chi connectivity index (χ2v) is 6.86. The minimum absolute atomic E-state index is 0.0116. The Bertz CT molecular complexity index is 1310. The highest BCUT2D eigenvalue weighted by atomic mass is 35.5. The van der Waals surface area contributed by atoms with E-state index >= 15 is 0 Å². The predicted molar refractivity (Wildman–Crippen MR) is 100 cm³/mol. The van der Waals surface area contributed by atoms with Crippen LogP contribution in [0.3, 0.4) is 0 Å². The highest BCUT2D eigenvalue weighted by molar-refractivity contribution is 6.30. The molecule has 0 bridgehead atoms. The van der Waals surface area contributed by atoms with Gasteiger partial charge in [0.15, 0.2) is 5.76 Å². The molecule has 4 rings (SSSR count). The van der Waals surface area contributed by atoms with E-state index in [9.17, 15) is 32.3 Å². The van der Waals surface area contributed by atoms with E-state index in [2.05, 4.69) is 0 Å². The largest absolute Gasteiger partial charge is 0.459 e. The van der Waals surface area contributed by atoms with Crippen LogP contribution in [-0.2, 0) is 10.3 Å². The molecular formula is C18H10ClF3N4O5. The first kappa shape index (κ1) is 20.5. The number of anilines is 1. The van der Waals surface area contributed by atoms with Crippen molar-refractivity contribution in [2.24, 2.45) is 0 Å². The Morgan fingerprint density at radius 1 is 1.13 bits per heavy atom. The number of hydrogen-bond acceptors (Lipinski definition) is 5. The highest BCUT2D eigenvalue weighted by Gasteiger charge is 2.68. The van der Waals surface area contributed by atoms with E-state index < -0.39 is 51.9 Å². The number of furan rings is 1. The molecule has 0 aliphatic carbocycles. The van der Waals surface area contributed by atoms with Crippen LogP contribution >= 0.6 is 11.6 Å². The molecule has 1 atom stereocenters. The van der Waals surface area contributed by atoms with Crippen LogP contribution in [0.2, 0.25) is 5.02 Å². The summed E-state index contributed by atoms with van der Waals surface area (Å²) in [6.07, 6.45) is -4.41. The first-order chi connectivity index (χ1) is 14.6. The molecule has 13 heteroatoms. The third-order valence-electron chi connectivity index (χ3n) is 4.61. The molecule has 31 heavy (non-hydrogen) atoms. The number of nitrogens with zero attached hydrogens (tertiary/aromatic N) is 1. The number of aromatic nitrogens is 2. The number of carbonyl (C=O) groups is 2. The van der Waals surface area contributed by atoms with Crippen molar-refractivity contribution in [2.75, 3.05) is 5.32 Å². The lowest BCUT2D eigenvalue weighted by Gasteiger charge is -2.29. The Morgan fingerprint density at radius 3 is 2.39 bits per heavy atom. The Hall–Kier alpha value is -3.80. The summed E-state index contributed by atoms with van der Waals surface area (Å²) in [5.41, 5.74) is -7.57. The summed E-state index contributed by atoms with van der Waals surface area (Å²) in [7, 11) is 0. The number of benzene rings is 1. The molecule has 1 aliphatic heterocycles. The van der Waals surface area contributed by atoms with Crippen molar-refractivity contribution in [3.63, 3.8) is 0 Å². The number of aromatic amines is 1. The number of fused-ring (bicyclic) bond motifs is 1. The maximum absolute atomic E-state index is 14.3. The molecule has 3 heterocycles. The van der Waals surface area contributed by atoms with Crippen LogP contribution in [0.5, 0.6) is 0 Å². The smallest absolute Gasteiger partial charge is 0.425 e. The molecule has 0 unspecified atom stereocenters. The summed E-state index contributed by atoms with van der Waals surface area (Å²) >= 11 is 5.80.